The molecule has 0 unspecified atom stereocenters. The Balaban J connectivity index is 2.08. The molecule has 2 rings (SSSR count). The third-order valence-electron chi connectivity index (χ3n) is 2.27. The molecule has 1 saturated heterocycles. The standard InChI is InChI=1S/C8H12N2O3S/c9-8-10-4(3-14-8)6-1-5(12)7(2-11)13-6/h3,5-7,11-12H,1-2H2,(H2,9,10)/t5-,6-,7+/m0/s1. The summed E-state index contributed by atoms with van der Waals surface area (Å²) in [7, 11) is 0. The number of nitrogens with two attached hydrogens (primary N) is 1. The summed E-state index contributed by atoms with van der Waals surface area (Å²) in [5, 5.41) is 20.7. The zero-order chi connectivity index (χ0) is 10.1. The number of anilines is 1. The van der Waals surface area contributed by atoms with E-state index in [4.69, 9.17) is 15.6 Å². The molecule has 4 N–H and O–H groups in total. The molecule has 0 spiro atoms. The second-order valence-corrected chi connectivity index (χ2v) is 4.15. The molecule has 0 amide bonds. The van der Waals surface area contributed by atoms with Gasteiger partial charge in [-0.05, 0) is 0 Å². The highest BCUT2D eigenvalue weighted by Gasteiger charge is 2.35. The van der Waals surface area contributed by atoms with Crippen LogP contribution >= 0.6 is 11.3 Å². The molecule has 78 valence electrons. The molecule has 1 aromatic rings. The van der Waals surface area contributed by atoms with Gasteiger partial charge in [-0.3, -0.25) is 0 Å². The van der Waals surface area contributed by atoms with Crippen LogP contribution in [0.1, 0.15) is 18.2 Å². The van der Waals surface area contributed by atoms with Crippen LogP contribution in [0.5, 0.6) is 0 Å². The maximum absolute atomic E-state index is 9.49. The van der Waals surface area contributed by atoms with Gasteiger partial charge >= 0.3 is 0 Å². The third-order valence-corrected chi connectivity index (χ3v) is 2.97. The van der Waals surface area contributed by atoms with Crippen molar-refractivity contribution in [2.45, 2.75) is 24.7 Å². The molecular weight excluding hydrogens is 204 g/mol. The van der Waals surface area contributed by atoms with Crippen molar-refractivity contribution < 1.29 is 14.9 Å². The monoisotopic (exact) mass is 216 g/mol. The molecular formula is C8H12N2O3S. The number of thiazole rings is 1. The van der Waals surface area contributed by atoms with Crippen molar-refractivity contribution in [2.24, 2.45) is 0 Å². The molecule has 0 saturated carbocycles. The van der Waals surface area contributed by atoms with Crippen LogP contribution in [0.4, 0.5) is 5.13 Å². The Kier molecular flexibility index (Phi) is 2.69. The summed E-state index contributed by atoms with van der Waals surface area (Å²) < 4.78 is 5.41. The zero-order valence-electron chi connectivity index (χ0n) is 7.46. The quantitative estimate of drug-likeness (QED) is 0.643. The lowest BCUT2D eigenvalue weighted by Crippen LogP contribution is -2.24. The highest BCUT2D eigenvalue weighted by molar-refractivity contribution is 7.13. The molecule has 1 aliphatic rings. The molecule has 0 aliphatic carbocycles. The number of rotatable bonds is 2. The lowest BCUT2D eigenvalue weighted by molar-refractivity contribution is -0.0234. The summed E-state index contributed by atoms with van der Waals surface area (Å²) in [5.41, 5.74) is 6.23. The molecule has 6 heteroatoms. The van der Waals surface area contributed by atoms with Crippen molar-refractivity contribution >= 4 is 16.5 Å². The predicted molar refractivity (Wildman–Crippen MR) is 51.9 cm³/mol. The van der Waals surface area contributed by atoms with Crippen molar-refractivity contribution in [1.29, 1.82) is 0 Å². The fourth-order valence-electron chi connectivity index (χ4n) is 1.53. The van der Waals surface area contributed by atoms with E-state index in [1.54, 1.807) is 0 Å². The Morgan fingerprint density at radius 3 is 3.00 bits per heavy atom. The van der Waals surface area contributed by atoms with Crippen LogP contribution < -0.4 is 5.73 Å². The Morgan fingerprint density at radius 1 is 1.71 bits per heavy atom. The van der Waals surface area contributed by atoms with Crippen molar-refractivity contribution in [2.75, 3.05) is 12.3 Å². The topological polar surface area (TPSA) is 88.6 Å². The number of aliphatic hydroxyl groups excluding tert-OH is 2. The van der Waals surface area contributed by atoms with E-state index in [1.807, 2.05) is 5.38 Å². The first-order valence-electron chi connectivity index (χ1n) is 4.36. The summed E-state index contributed by atoms with van der Waals surface area (Å²) in [6, 6.07) is 0. The molecule has 0 bridgehead atoms. The number of aliphatic hydroxyl groups is 2. The molecule has 1 fully saturated rings. The fourth-order valence-corrected chi connectivity index (χ4v) is 2.14. The van der Waals surface area contributed by atoms with Gasteiger partial charge in [-0.15, -0.1) is 11.3 Å². The SMILES string of the molecule is Nc1nc([C@@H]2C[C@H](O)[C@@H](CO)O2)cs1. The van der Waals surface area contributed by atoms with Gasteiger partial charge in [0, 0.05) is 11.8 Å². The minimum Gasteiger partial charge on any atom is -0.394 e. The Hall–Kier alpha value is -0.690. The van der Waals surface area contributed by atoms with Crippen molar-refractivity contribution in [3.05, 3.63) is 11.1 Å². The summed E-state index contributed by atoms with van der Waals surface area (Å²) in [4.78, 5) is 4.07. The maximum Gasteiger partial charge on any atom is 0.180 e. The van der Waals surface area contributed by atoms with E-state index in [9.17, 15) is 5.11 Å². The maximum atomic E-state index is 9.49. The van der Waals surface area contributed by atoms with Crippen molar-refractivity contribution in [1.82, 2.24) is 4.98 Å². The van der Waals surface area contributed by atoms with Gasteiger partial charge in [0.1, 0.15) is 12.2 Å². The fraction of sp³-hybridized carbons (Fsp3) is 0.625. The number of hydrogen-bond donors (Lipinski definition) is 3. The molecule has 2 heterocycles. The first-order chi connectivity index (χ1) is 6.70. The van der Waals surface area contributed by atoms with E-state index < -0.39 is 12.2 Å². The summed E-state index contributed by atoms with van der Waals surface area (Å²) in [6.07, 6.45) is -0.888. The second-order valence-electron chi connectivity index (χ2n) is 3.26. The molecule has 0 aromatic carbocycles. The van der Waals surface area contributed by atoms with E-state index in [1.165, 1.54) is 11.3 Å². The van der Waals surface area contributed by atoms with E-state index in [-0.39, 0.29) is 12.7 Å². The molecule has 3 atom stereocenters. The number of nitrogen functional groups attached to an aromatic ring is 1. The van der Waals surface area contributed by atoms with Crippen LogP contribution in [0.15, 0.2) is 5.38 Å². The number of hydrogen-bond acceptors (Lipinski definition) is 6. The zero-order valence-corrected chi connectivity index (χ0v) is 8.28. The normalized spacial score (nSPS) is 32.3. The second kappa shape index (κ2) is 3.82. The van der Waals surface area contributed by atoms with Crippen LogP contribution in [-0.2, 0) is 4.74 Å². The van der Waals surface area contributed by atoms with Crippen LogP contribution in [0.25, 0.3) is 0 Å². The van der Waals surface area contributed by atoms with Gasteiger partial charge in [0.15, 0.2) is 5.13 Å². The van der Waals surface area contributed by atoms with E-state index in [2.05, 4.69) is 4.98 Å². The van der Waals surface area contributed by atoms with E-state index in [0.717, 1.165) is 5.69 Å². The average Bonchev–Trinajstić information content (AvgIpc) is 2.71. The average molecular weight is 216 g/mol. The van der Waals surface area contributed by atoms with Gasteiger partial charge in [-0.25, -0.2) is 4.98 Å². The van der Waals surface area contributed by atoms with Gasteiger partial charge in [-0.2, -0.15) is 0 Å². The Bertz CT molecular complexity index is 317. The van der Waals surface area contributed by atoms with Crippen molar-refractivity contribution in [3.63, 3.8) is 0 Å². The molecule has 5 nitrogen and oxygen atoms in total. The largest absolute Gasteiger partial charge is 0.394 e. The predicted octanol–water partition coefficient (Wildman–Crippen LogP) is -0.0915. The van der Waals surface area contributed by atoms with Gasteiger partial charge in [0.2, 0.25) is 0 Å². The summed E-state index contributed by atoms with van der Waals surface area (Å²) >= 11 is 1.34. The molecule has 1 aliphatic heterocycles. The Morgan fingerprint density at radius 2 is 2.50 bits per heavy atom. The lowest BCUT2D eigenvalue weighted by atomic mass is 10.1. The molecule has 14 heavy (non-hydrogen) atoms. The third kappa shape index (κ3) is 1.74. The highest BCUT2D eigenvalue weighted by Crippen LogP contribution is 2.33. The van der Waals surface area contributed by atoms with Crippen LogP contribution in [-0.4, -0.2) is 34.0 Å². The van der Waals surface area contributed by atoms with E-state index in [0.29, 0.717) is 11.6 Å². The number of nitrogens with zero attached hydrogens (tertiary/aromatic N) is 1. The van der Waals surface area contributed by atoms with Crippen molar-refractivity contribution in [3.8, 4) is 0 Å². The van der Waals surface area contributed by atoms with Gasteiger partial charge in [-0.1, -0.05) is 0 Å². The minimum atomic E-state index is -0.618. The van der Waals surface area contributed by atoms with Crippen LogP contribution in [0.3, 0.4) is 0 Å². The van der Waals surface area contributed by atoms with Crippen LogP contribution in [0, 0.1) is 0 Å². The molecule has 0 radical (unpaired) electrons. The number of aromatic nitrogens is 1. The van der Waals surface area contributed by atoms with Gasteiger partial charge in [0.05, 0.1) is 18.4 Å². The smallest absolute Gasteiger partial charge is 0.180 e. The highest BCUT2D eigenvalue weighted by atomic mass is 32.1. The van der Waals surface area contributed by atoms with Crippen LogP contribution in [0.2, 0.25) is 0 Å². The summed E-state index contributed by atoms with van der Waals surface area (Å²) in [5.74, 6) is 0. The minimum absolute atomic E-state index is 0.169. The van der Waals surface area contributed by atoms with Gasteiger partial charge < -0.3 is 20.7 Å². The van der Waals surface area contributed by atoms with Gasteiger partial charge in [0.25, 0.3) is 0 Å². The first kappa shape index (κ1) is 9.85. The summed E-state index contributed by atoms with van der Waals surface area (Å²) in [6.45, 7) is -0.169. The Labute approximate surface area is 85.2 Å². The van der Waals surface area contributed by atoms with E-state index >= 15 is 0 Å². The first-order valence-corrected chi connectivity index (χ1v) is 5.24. The molecule has 1 aromatic heterocycles. The lowest BCUT2D eigenvalue weighted by Gasteiger charge is -2.09. The number of ether oxygens (including phenoxy) is 1.